The van der Waals surface area contributed by atoms with Gasteiger partial charge in [-0.05, 0) is 36.6 Å². The normalized spacial score (nSPS) is 12.4. The van der Waals surface area contributed by atoms with Crippen LogP contribution in [-0.2, 0) is 0 Å². The fraction of sp³-hybridized carbons (Fsp3) is 0.167. The Morgan fingerprint density at radius 1 is 1.27 bits per heavy atom. The smallest absolute Gasteiger partial charge is 0.125 e. The van der Waals surface area contributed by atoms with Crippen LogP contribution in [0.5, 0.6) is 0 Å². The Kier molecular flexibility index (Phi) is 3.02. The van der Waals surface area contributed by atoms with Crippen LogP contribution in [0.15, 0.2) is 41.8 Å². The van der Waals surface area contributed by atoms with Gasteiger partial charge in [-0.15, -0.1) is 11.3 Å². The molecule has 0 aliphatic rings. The van der Waals surface area contributed by atoms with Crippen LogP contribution in [0.1, 0.15) is 17.8 Å². The predicted octanol–water partition coefficient (Wildman–Crippen LogP) is 4.06. The van der Waals surface area contributed by atoms with Crippen molar-refractivity contribution in [1.82, 2.24) is 0 Å². The van der Waals surface area contributed by atoms with Gasteiger partial charge in [0, 0.05) is 10.6 Å². The van der Waals surface area contributed by atoms with E-state index in [-0.39, 0.29) is 11.9 Å². The molecule has 1 aromatic heterocycles. The molecule has 2 aromatic rings. The fourth-order valence-corrected chi connectivity index (χ4v) is 2.17. The molecule has 2 rings (SSSR count). The standard InChI is InChI=1S/C12H12FNS/c1-9(12-6-3-7-15-12)14-11-5-2-4-10(13)8-11/h2-9,14H,1H3. The van der Waals surface area contributed by atoms with E-state index in [1.807, 2.05) is 17.5 Å². The number of hydrogen-bond acceptors (Lipinski definition) is 2. The van der Waals surface area contributed by atoms with Crippen LogP contribution in [0.2, 0.25) is 0 Å². The number of halogens is 1. The van der Waals surface area contributed by atoms with Crippen molar-refractivity contribution in [2.24, 2.45) is 0 Å². The second kappa shape index (κ2) is 4.45. The summed E-state index contributed by atoms with van der Waals surface area (Å²) in [5.41, 5.74) is 0.816. The molecule has 0 saturated carbocycles. The highest BCUT2D eigenvalue weighted by Crippen LogP contribution is 2.23. The van der Waals surface area contributed by atoms with Gasteiger partial charge < -0.3 is 5.32 Å². The minimum atomic E-state index is -0.210. The second-order valence-electron chi connectivity index (χ2n) is 3.39. The van der Waals surface area contributed by atoms with Gasteiger partial charge in [-0.25, -0.2) is 4.39 Å². The number of nitrogens with one attached hydrogen (secondary N) is 1. The predicted molar refractivity (Wildman–Crippen MR) is 62.8 cm³/mol. The zero-order valence-electron chi connectivity index (χ0n) is 8.41. The minimum Gasteiger partial charge on any atom is -0.378 e. The van der Waals surface area contributed by atoms with E-state index >= 15 is 0 Å². The molecule has 0 amide bonds. The molecule has 1 atom stereocenters. The van der Waals surface area contributed by atoms with Crippen molar-refractivity contribution in [2.45, 2.75) is 13.0 Å². The maximum Gasteiger partial charge on any atom is 0.125 e. The molecular formula is C12H12FNS. The van der Waals surface area contributed by atoms with E-state index in [0.29, 0.717) is 0 Å². The number of hydrogen-bond donors (Lipinski definition) is 1. The molecule has 15 heavy (non-hydrogen) atoms. The van der Waals surface area contributed by atoms with Gasteiger partial charge in [0.15, 0.2) is 0 Å². The van der Waals surface area contributed by atoms with Crippen molar-refractivity contribution in [3.05, 3.63) is 52.5 Å². The van der Waals surface area contributed by atoms with Crippen molar-refractivity contribution in [2.75, 3.05) is 5.32 Å². The van der Waals surface area contributed by atoms with E-state index in [0.717, 1.165) is 5.69 Å². The molecule has 1 heterocycles. The summed E-state index contributed by atoms with van der Waals surface area (Å²) in [5.74, 6) is -0.210. The third-order valence-corrected chi connectivity index (χ3v) is 3.23. The topological polar surface area (TPSA) is 12.0 Å². The van der Waals surface area contributed by atoms with E-state index in [9.17, 15) is 4.39 Å². The number of thiophene rings is 1. The number of anilines is 1. The van der Waals surface area contributed by atoms with Crippen LogP contribution in [0.3, 0.4) is 0 Å². The lowest BCUT2D eigenvalue weighted by molar-refractivity contribution is 0.628. The highest BCUT2D eigenvalue weighted by Gasteiger charge is 2.05. The molecule has 1 N–H and O–H groups in total. The first-order chi connectivity index (χ1) is 7.25. The number of benzene rings is 1. The molecule has 1 unspecified atom stereocenters. The summed E-state index contributed by atoms with van der Waals surface area (Å²) in [6, 6.07) is 10.8. The molecule has 1 aromatic carbocycles. The Hall–Kier alpha value is -1.35. The van der Waals surface area contributed by atoms with Crippen molar-refractivity contribution in [3.8, 4) is 0 Å². The summed E-state index contributed by atoms with van der Waals surface area (Å²) in [5, 5.41) is 5.30. The lowest BCUT2D eigenvalue weighted by Gasteiger charge is -2.13. The first-order valence-electron chi connectivity index (χ1n) is 4.81. The lowest BCUT2D eigenvalue weighted by atomic mass is 10.2. The highest BCUT2D eigenvalue weighted by atomic mass is 32.1. The summed E-state index contributed by atoms with van der Waals surface area (Å²) in [6.45, 7) is 2.07. The van der Waals surface area contributed by atoms with Gasteiger partial charge in [0.05, 0.1) is 6.04 Å². The molecule has 0 aliphatic heterocycles. The van der Waals surface area contributed by atoms with E-state index in [1.165, 1.54) is 17.0 Å². The molecule has 0 radical (unpaired) electrons. The zero-order chi connectivity index (χ0) is 10.7. The largest absolute Gasteiger partial charge is 0.378 e. The van der Waals surface area contributed by atoms with Crippen molar-refractivity contribution < 1.29 is 4.39 Å². The molecule has 78 valence electrons. The van der Waals surface area contributed by atoms with Crippen molar-refractivity contribution >= 4 is 17.0 Å². The van der Waals surface area contributed by atoms with Crippen molar-refractivity contribution in [3.63, 3.8) is 0 Å². The minimum absolute atomic E-state index is 0.210. The molecular weight excluding hydrogens is 209 g/mol. The van der Waals surface area contributed by atoms with E-state index in [4.69, 9.17) is 0 Å². The summed E-state index contributed by atoms with van der Waals surface area (Å²) < 4.78 is 12.9. The molecule has 0 bridgehead atoms. The van der Waals surface area contributed by atoms with E-state index in [2.05, 4.69) is 18.3 Å². The third-order valence-electron chi connectivity index (χ3n) is 2.18. The zero-order valence-corrected chi connectivity index (χ0v) is 9.22. The van der Waals surface area contributed by atoms with Gasteiger partial charge >= 0.3 is 0 Å². The quantitative estimate of drug-likeness (QED) is 0.824. The van der Waals surface area contributed by atoms with Gasteiger partial charge in [0.25, 0.3) is 0 Å². The average Bonchev–Trinajstić information content (AvgIpc) is 2.70. The molecule has 0 fully saturated rings. The first-order valence-corrected chi connectivity index (χ1v) is 5.69. The summed E-state index contributed by atoms with van der Waals surface area (Å²) in [7, 11) is 0. The Balaban J connectivity index is 2.09. The Labute approximate surface area is 92.6 Å². The maximum atomic E-state index is 12.9. The SMILES string of the molecule is CC(Nc1cccc(F)c1)c1cccs1. The van der Waals surface area contributed by atoms with Crippen LogP contribution >= 0.6 is 11.3 Å². The Bertz CT molecular complexity index is 425. The van der Waals surface area contributed by atoms with Gasteiger partial charge in [-0.2, -0.15) is 0 Å². The third kappa shape index (κ3) is 2.57. The van der Waals surface area contributed by atoms with Crippen LogP contribution in [-0.4, -0.2) is 0 Å². The van der Waals surface area contributed by atoms with Crippen LogP contribution in [0, 0.1) is 5.82 Å². The lowest BCUT2D eigenvalue weighted by Crippen LogP contribution is -2.04. The van der Waals surface area contributed by atoms with Crippen LogP contribution in [0.4, 0.5) is 10.1 Å². The second-order valence-corrected chi connectivity index (χ2v) is 4.37. The maximum absolute atomic E-state index is 12.9. The Morgan fingerprint density at radius 3 is 2.80 bits per heavy atom. The van der Waals surface area contributed by atoms with E-state index in [1.54, 1.807) is 17.4 Å². The Morgan fingerprint density at radius 2 is 2.13 bits per heavy atom. The van der Waals surface area contributed by atoms with Gasteiger partial charge in [-0.3, -0.25) is 0 Å². The summed E-state index contributed by atoms with van der Waals surface area (Å²) in [4.78, 5) is 1.25. The van der Waals surface area contributed by atoms with Gasteiger partial charge in [0.2, 0.25) is 0 Å². The molecule has 3 heteroatoms. The van der Waals surface area contributed by atoms with Crippen LogP contribution < -0.4 is 5.32 Å². The highest BCUT2D eigenvalue weighted by molar-refractivity contribution is 7.10. The van der Waals surface area contributed by atoms with Crippen LogP contribution in [0.25, 0.3) is 0 Å². The molecule has 0 spiro atoms. The van der Waals surface area contributed by atoms with Crippen molar-refractivity contribution in [1.29, 1.82) is 0 Å². The first kappa shape index (κ1) is 10.2. The molecule has 1 nitrogen and oxygen atoms in total. The molecule has 0 aliphatic carbocycles. The monoisotopic (exact) mass is 221 g/mol. The summed E-state index contributed by atoms with van der Waals surface area (Å²) in [6.07, 6.45) is 0. The number of rotatable bonds is 3. The summed E-state index contributed by atoms with van der Waals surface area (Å²) >= 11 is 1.70. The van der Waals surface area contributed by atoms with Gasteiger partial charge in [-0.1, -0.05) is 12.1 Å². The molecule has 0 saturated heterocycles. The van der Waals surface area contributed by atoms with E-state index < -0.39 is 0 Å². The fourth-order valence-electron chi connectivity index (χ4n) is 1.44. The average molecular weight is 221 g/mol. The van der Waals surface area contributed by atoms with Gasteiger partial charge in [0.1, 0.15) is 5.82 Å².